The van der Waals surface area contributed by atoms with E-state index in [1.54, 1.807) is 26.4 Å². The molecule has 2 aromatic heterocycles. The molecule has 0 spiro atoms. The van der Waals surface area contributed by atoms with Gasteiger partial charge in [0.1, 0.15) is 47.4 Å². The molecule has 4 aromatic carbocycles. The standard InChI is InChI=1S/C57H70N5O9PSi/c1-39(2)62(40(3)4)72(68-35-19-33-58)70-50-48(37-67-56(43-23-16-13-17-24-43,44-25-29-46(64-8)30-26-44)45-27-31-47(65-9)32-28-45)69-57(51(63)41-20-14-12-15-21-41,52(50)71-73(10,11)55(5,6)7)61-36-42-22-18-34-66-54-49(42)53(61)59-38-60-54/h12-17,20-21,23-32,36,38-40,48,50,52H,18-19,22,34-35,37H2,1-11H3/t48-,50-,52-,57-,72?/m1/s1. The maximum atomic E-state index is 16.5. The van der Waals surface area contributed by atoms with Crippen LogP contribution in [0.15, 0.2) is 122 Å². The molecule has 8 rings (SSSR count). The molecule has 386 valence electrons. The summed E-state index contributed by atoms with van der Waals surface area (Å²) < 4.78 is 59.3. The first-order valence-electron chi connectivity index (χ1n) is 25.2. The molecule has 2 aliphatic rings. The minimum Gasteiger partial charge on any atom is -0.497 e. The maximum Gasteiger partial charge on any atom is 0.259 e. The number of ether oxygens (including phenoxy) is 5. The van der Waals surface area contributed by atoms with Crippen molar-refractivity contribution >= 4 is 33.7 Å². The van der Waals surface area contributed by atoms with Gasteiger partial charge in [0.25, 0.3) is 8.53 Å². The lowest BCUT2D eigenvalue weighted by Gasteiger charge is -2.45. The van der Waals surface area contributed by atoms with Crippen molar-refractivity contribution in [3.05, 3.63) is 150 Å². The molecule has 14 nitrogen and oxygen atoms in total. The number of hydrogen-bond acceptors (Lipinski definition) is 13. The Bertz CT molecular complexity index is 2780. The molecule has 0 aliphatic carbocycles. The van der Waals surface area contributed by atoms with Crippen LogP contribution in [0.5, 0.6) is 17.4 Å². The number of nitrogens with zero attached hydrogens (tertiary/aromatic N) is 5. The van der Waals surface area contributed by atoms with Crippen molar-refractivity contribution in [3.8, 4) is 23.4 Å². The van der Waals surface area contributed by atoms with Gasteiger partial charge in [-0.2, -0.15) is 5.26 Å². The summed E-state index contributed by atoms with van der Waals surface area (Å²) in [7, 11) is -1.58. The molecule has 0 radical (unpaired) electrons. The molecular weight excluding hydrogens is 958 g/mol. The van der Waals surface area contributed by atoms with Gasteiger partial charge in [-0.15, -0.1) is 0 Å². The number of Topliss-reactive ketones (excluding diaryl/α,β-unsaturated/α-hetero) is 1. The number of carbonyl (C=O) groups is 1. The maximum absolute atomic E-state index is 16.5. The second-order valence-electron chi connectivity index (χ2n) is 20.6. The zero-order valence-corrected chi connectivity index (χ0v) is 45.9. The number of ketones is 1. The van der Waals surface area contributed by atoms with Crippen LogP contribution in [0.1, 0.15) is 93.9 Å². The second-order valence-corrected chi connectivity index (χ2v) is 26.8. The monoisotopic (exact) mass is 1030 g/mol. The van der Waals surface area contributed by atoms with Gasteiger partial charge in [-0.1, -0.05) is 106 Å². The van der Waals surface area contributed by atoms with E-state index < -0.39 is 46.5 Å². The SMILES string of the molecule is COc1ccc(C(OC[C@H]2O[C@@](C(=O)c3ccccc3)(n3cc4c5c(ncnc53)OCCC4)[C@H](O[Si](C)(C)C(C)(C)C)[C@@H]2OP(OCCC#N)N(C(C)C)C(C)C)(c2ccccc2)c2ccc(OC)cc2)cc1. The van der Waals surface area contributed by atoms with Crippen molar-refractivity contribution in [2.24, 2.45) is 0 Å². The van der Waals surface area contributed by atoms with Crippen molar-refractivity contribution in [1.82, 2.24) is 19.2 Å². The zero-order valence-electron chi connectivity index (χ0n) is 44.0. The van der Waals surface area contributed by atoms with Crippen LogP contribution in [-0.2, 0) is 40.7 Å². The van der Waals surface area contributed by atoms with Gasteiger partial charge in [0.05, 0.1) is 51.9 Å². The lowest BCUT2D eigenvalue weighted by molar-refractivity contribution is -0.129. The number of aromatic nitrogens is 3. The molecule has 16 heteroatoms. The van der Waals surface area contributed by atoms with E-state index in [0.29, 0.717) is 47.0 Å². The van der Waals surface area contributed by atoms with Gasteiger partial charge >= 0.3 is 0 Å². The highest BCUT2D eigenvalue weighted by Crippen LogP contribution is 2.55. The molecule has 6 aromatic rings. The third kappa shape index (κ3) is 10.6. The molecule has 2 aliphatic heterocycles. The third-order valence-corrected chi connectivity index (χ3v) is 20.9. The first-order valence-corrected chi connectivity index (χ1v) is 29.2. The quantitative estimate of drug-likeness (QED) is 0.0221. The van der Waals surface area contributed by atoms with Gasteiger partial charge in [0.15, 0.2) is 8.32 Å². The predicted molar refractivity (Wildman–Crippen MR) is 285 cm³/mol. The number of nitriles is 1. The van der Waals surface area contributed by atoms with Crippen LogP contribution in [0.2, 0.25) is 18.1 Å². The summed E-state index contributed by atoms with van der Waals surface area (Å²) >= 11 is 0. The van der Waals surface area contributed by atoms with E-state index in [-0.39, 0.29) is 42.5 Å². The highest BCUT2D eigenvalue weighted by molar-refractivity contribution is 7.44. The van der Waals surface area contributed by atoms with E-state index in [0.717, 1.165) is 28.7 Å². The Hall–Kier alpha value is -5.53. The van der Waals surface area contributed by atoms with Gasteiger partial charge in [0, 0.05) is 23.8 Å². The average Bonchev–Trinajstić information content (AvgIpc) is 3.81. The van der Waals surface area contributed by atoms with Gasteiger partial charge in [-0.05, 0) is 105 Å². The number of methoxy groups -OCH3 is 2. The zero-order chi connectivity index (χ0) is 52.1. The summed E-state index contributed by atoms with van der Waals surface area (Å²) in [5.41, 5.74) is 1.00. The summed E-state index contributed by atoms with van der Waals surface area (Å²) in [6.45, 7) is 19.7. The molecule has 1 fully saturated rings. The van der Waals surface area contributed by atoms with E-state index in [4.69, 9.17) is 42.1 Å². The Labute approximate surface area is 432 Å². The Morgan fingerprint density at radius 2 is 1.47 bits per heavy atom. The summed E-state index contributed by atoms with van der Waals surface area (Å²) in [5, 5.41) is 10.2. The van der Waals surface area contributed by atoms with Gasteiger partial charge < -0.3 is 37.2 Å². The molecule has 73 heavy (non-hydrogen) atoms. The van der Waals surface area contributed by atoms with Crippen molar-refractivity contribution in [2.45, 2.75) is 128 Å². The van der Waals surface area contributed by atoms with Crippen LogP contribution in [0.25, 0.3) is 11.0 Å². The van der Waals surface area contributed by atoms with Crippen LogP contribution in [0.4, 0.5) is 0 Å². The first kappa shape index (κ1) is 53.7. The third-order valence-electron chi connectivity index (χ3n) is 14.3. The number of rotatable bonds is 21. The largest absolute Gasteiger partial charge is 0.497 e. The van der Waals surface area contributed by atoms with E-state index in [1.807, 2.05) is 108 Å². The van der Waals surface area contributed by atoms with E-state index >= 15 is 4.79 Å². The average molecular weight is 1030 g/mol. The summed E-state index contributed by atoms with van der Waals surface area (Å²) in [4.78, 5) is 26.0. The van der Waals surface area contributed by atoms with Crippen molar-refractivity contribution < 1.29 is 42.0 Å². The molecule has 0 N–H and O–H groups in total. The molecule has 4 heterocycles. The van der Waals surface area contributed by atoms with E-state index in [1.165, 1.54) is 6.33 Å². The normalized spacial score (nSPS) is 19.7. The van der Waals surface area contributed by atoms with Gasteiger partial charge in [-0.3, -0.25) is 9.36 Å². The fraction of sp³-hybridized carbons (Fsp3) is 0.439. The van der Waals surface area contributed by atoms with Crippen LogP contribution in [-0.4, -0.2) is 97.7 Å². The van der Waals surface area contributed by atoms with Crippen LogP contribution >= 0.6 is 8.53 Å². The molecule has 0 bridgehead atoms. The lowest BCUT2D eigenvalue weighted by Crippen LogP contribution is -2.58. The topological polar surface area (TPSA) is 149 Å². The van der Waals surface area contributed by atoms with Crippen LogP contribution in [0.3, 0.4) is 0 Å². The molecule has 5 atom stereocenters. The fourth-order valence-corrected chi connectivity index (χ4v) is 12.8. The minimum atomic E-state index is -2.91. The van der Waals surface area contributed by atoms with Gasteiger partial charge in [-0.25, -0.2) is 14.6 Å². The van der Waals surface area contributed by atoms with Crippen molar-refractivity contribution in [3.63, 3.8) is 0 Å². The van der Waals surface area contributed by atoms with E-state index in [9.17, 15) is 5.26 Å². The molecule has 1 unspecified atom stereocenters. The highest BCUT2D eigenvalue weighted by Gasteiger charge is 2.66. The molecular formula is C57H70N5O9PSi. The van der Waals surface area contributed by atoms with Crippen LogP contribution < -0.4 is 14.2 Å². The highest BCUT2D eigenvalue weighted by atomic mass is 31.2. The Morgan fingerprint density at radius 1 is 0.877 bits per heavy atom. The number of carbonyl (C=O) groups excluding carboxylic acids is 1. The lowest BCUT2D eigenvalue weighted by atomic mass is 9.80. The fourth-order valence-electron chi connectivity index (χ4n) is 9.73. The smallest absolute Gasteiger partial charge is 0.259 e. The summed E-state index contributed by atoms with van der Waals surface area (Å²) in [6.07, 6.45) is 1.76. The Kier molecular flexibility index (Phi) is 16.6. The predicted octanol–water partition coefficient (Wildman–Crippen LogP) is 11.8. The molecule has 1 saturated heterocycles. The van der Waals surface area contributed by atoms with Crippen LogP contribution in [0, 0.1) is 11.3 Å². The minimum absolute atomic E-state index is 0.0480. The van der Waals surface area contributed by atoms with Crippen molar-refractivity contribution in [2.75, 3.05) is 34.0 Å². The van der Waals surface area contributed by atoms with Gasteiger partial charge in [0.2, 0.25) is 17.4 Å². The second kappa shape index (κ2) is 22.5. The molecule has 0 saturated carbocycles. The number of hydrogen-bond donors (Lipinski definition) is 0. The number of aryl methyl sites for hydroxylation is 1. The summed E-state index contributed by atoms with van der Waals surface area (Å²) in [6, 6.07) is 37.1. The van der Waals surface area contributed by atoms with E-state index in [2.05, 4.69) is 77.3 Å². The Balaban J connectivity index is 1.43. The summed E-state index contributed by atoms with van der Waals surface area (Å²) in [5.74, 6) is 1.45. The molecule has 0 amide bonds. The van der Waals surface area contributed by atoms with Crippen molar-refractivity contribution in [1.29, 1.82) is 5.26 Å². The number of benzene rings is 4. The Morgan fingerprint density at radius 3 is 2.03 bits per heavy atom. The first-order chi connectivity index (χ1) is 35.0.